The van der Waals surface area contributed by atoms with E-state index in [1.54, 1.807) is 0 Å². The molecule has 0 radical (unpaired) electrons. The van der Waals surface area contributed by atoms with Crippen molar-refractivity contribution in [2.24, 2.45) is 0 Å². The Morgan fingerprint density at radius 2 is 1.86 bits per heavy atom. The summed E-state index contributed by atoms with van der Waals surface area (Å²) in [5, 5.41) is 18.9. The largest absolute Gasteiger partial charge is 0.352 e. The Labute approximate surface area is 167 Å². The van der Waals surface area contributed by atoms with Crippen LogP contribution in [0.25, 0.3) is 22.8 Å². The monoisotopic (exact) mass is 392 g/mol. The van der Waals surface area contributed by atoms with Crippen molar-refractivity contribution in [3.8, 4) is 22.8 Å². The van der Waals surface area contributed by atoms with E-state index < -0.39 is 5.79 Å². The molecule has 2 heterocycles. The van der Waals surface area contributed by atoms with Crippen molar-refractivity contribution in [3.05, 3.63) is 71.4 Å². The summed E-state index contributed by atoms with van der Waals surface area (Å²) >= 11 is 0. The quantitative estimate of drug-likeness (QED) is 0.497. The van der Waals surface area contributed by atoms with Crippen LogP contribution < -0.4 is 0 Å². The number of benzene rings is 2. The van der Waals surface area contributed by atoms with Crippen LogP contribution in [0.5, 0.6) is 0 Å². The first-order chi connectivity index (χ1) is 14.0. The molecule has 8 nitrogen and oxygen atoms in total. The van der Waals surface area contributed by atoms with Crippen LogP contribution in [0.1, 0.15) is 29.8 Å². The predicted octanol–water partition coefficient (Wildman–Crippen LogP) is 3.50. The lowest BCUT2D eigenvalue weighted by molar-refractivity contribution is -0.184. The van der Waals surface area contributed by atoms with Crippen molar-refractivity contribution < 1.29 is 18.9 Å². The molecule has 0 amide bonds. The Hall–Kier alpha value is -3.36. The van der Waals surface area contributed by atoms with Gasteiger partial charge in [-0.25, -0.2) is 0 Å². The first-order valence-electron chi connectivity index (χ1n) is 9.16. The molecule has 0 fully saturated rings. The minimum absolute atomic E-state index is 0.125. The number of aliphatic hydroxyl groups is 1. The molecular formula is C21H20N4O4. The van der Waals surface area contributed by atoms with Gasteiger partial charge in [0.2, 0.25) is 11.6 Å². The van der Waals surface area contributed by atoms with Crippen LogP contribution in [0.3, 0.4) is 0 Å². The van der Waals surface area contributed by atoms with Crippen LogP contribution in [0.4, 0.5) is 0 Å². The second-order valence-corrected chi connectivity index (χ2v) is 6.57. The molecule has 0 bridgehead atoms. The van der Waals surface area contributed by atoms with Gasteiger partial charge in [0, 0.05) is 18.2 Å². The van der Waals surface area contributed by atoms with Crippen LogP contribution in [-0.4, -0.2) is 32.5 Å². The van der Waals surface area contributed by atoms with Gasteiger partial charge in [-0.1, -0.05) is 59.2 Å². The highest BCUT2D eigenvalue weighted by atomic mass is 16.6. The van der Waals surface area contributed by atoms with Gasteiger partial charge in [0.1, 0.15) is 0 Å². The van der Waals surface area contributed by atoms with E-state index in [2.05, 4.69) is 20.3 Å². The van der Waals surface area contributed by atoms with Crippen molar-refractivity contribution in [1.29, 1.82) is 0 Å². The smallest absolute Gasteiger partial charge is 0.313 e. The highest BCUT2D eigenvalue weighted by Crippen LogP contribution is 2.31. The second-order valence-electron chi connectivity index (χ2n) is 6.57. The SMILES string of the molecule is CCc1ccccc1-c1nc(C(O)(OC)c2nc(-c3cccc(C)c3)no2)no1. The fraction of sp³-hybridized carbons (Fsp3) is 0.238. The summed E-state index contributed by atoms with van der Waals surface area (Å²) in [4.78, 5) is 8.61. The second kappa shape index (κ2) is 7.57. The normalized spacial score (nSPS) is 13.4. The number of methoxy groups -OCH3 is 1. The average Bonchev–Trinajstić information content (AvgIpc) is 3.44. The topological polar surface area (TPSA) is 107 Å². The Kier molecular flexibility index (Phi) is 4.96. The van der Waals surface area contributed by atoms with Gasteiger partial charge in [-0.3, -0.25) is 0 Å². The number of hydrogen-bond donors (Lipinski definition) is 1. The van der Waals surface area contributed by atoms with Gasteiger partial charge >= 0.3 is 5.79 Å². The summed E-state index contributed by atoms with van der Waals surface area (Å²) in [7, 11) is 1.30. The van der Waals surface area contributed by atoms with E-state index in [0.29, 0.717) is 5.82 Å². The highest BCUT2D eigenvalue weighted by molar-refractivity contribution is 5.58. The van der Waals surface area contributed by atoms with Crippen LogP contribution in [0.15, 0.2) is 57.6 Å². The number of aryl methyl sites for hydroxylation is 2. The van der Waals surface area contributed by atoms with Crippen molar-refractivity contribution in [3.63, 3.8) is 0 Å². The van der Waals surface area contributed by atoms with E-state index in [1.165, 1.54) is 7.11 Å². The number of hydrogen-bond acceptors (Lipinski definition) is 8. The molecule has 1 unspecified atom stereocenters. The summed E-state index contributed by atoms with van der Waals surface area (Å²) in [6.45, 7) is 4.00. The van der Waals surface area contributed by atoms with Gasteiger partial charge in [0.25, 0.3) is 11.8 Å². The van der Waals surface area contributed by atoms with Gasteiger partial charge in [-0.15, -0.1) is 0 Å². The van der Waals surface area contributed by atoms with E-state index in [1.807, 2.05) is 62.4 Å². The predicted molar refractivity (Wildman–Crippen MR) is 104 cm³/mol. The lowest BCUT2D eigenvalue weighted by atomic mass is 10.1. The molecule has 2 aromatic heterocycles. The van der Waals surface area contributed by atoms with Crippen LogP contribution in [0.2, 0.25) is 0 Å². The Morgan fingerprint density at radius 1 is 1.03 bits per heavy atom. The molecule has 0 spiro atoms. The third kappa shape index (κ3) is 3.43. The molecule has 1 N–H and O–H groups in total. The Morgan fingerprint density at radius 3 is 2.62 bits per heavy atom. The summed E-state index contributed by atoms with van der Waals surface area (Å²) < 4.78 is 15.9. The van der Waals surface area contributed by atoms with Gasteiger partial charge in [-0.2, -0.15) is 9.97 Å². The van der Waals surface area contributed by atoms with Crippen molar-refractivity contribution in [2.45, 2.75) is 26.1 Å². The zero-order valence-electron chi connectivity index (χ0n) is 16.3. The molecule has 8 heteroatoms. The van der Waals surface area contributed by atoms with Crippen LogP contribution >= 0.6 is 0 Å². The fourth-order valence-electron chi connectivity index (χ4n) is 3.04. The maximum atomic E-state index is 11.1. The van der Waals surface area contributed by atoms with Crippen LogP contribution in [-0.2, 0) is 16.9 Å². The molecule has 0 saturated heterocycles. The summed E-state index contributed by atoms with van der Waals surface area (Å²) in [5.74, 6) is -1.86. The Bertz CT molecular complexity index is 1140. The molecule has 148 valence electrons. The average molecular weight is 392 g/mol. The fourth-order valence-corrected chi connectivity index (χ4v) is 3.04. The van der Waals surface area contributed by atoms with E-state index >= 15 is 0 Å². The molecule has 4 aromatic rings. The van der Waals surface area contributed by atoms with Gasteiger partial charge in [-0.05, 0) is 31.0 Å². The van der Waals surface area contributed by atoms with Gasteiger partial charge < -0.3 is 18.9 Å². The molecule has 2 aromatic carbocycles. The first kappa shape index (κ1) is 19.0. The number of ether oxygens (including phenoxy) is 1. The number of rotatable bonds is 6. The van der Waals surface area contributed by atoms with Crippen molar-refractivity contribution >= 4 is 0 Å². The lowest BCUT2D eigenvalue weighted by Gasteiger charge is -2.17. The van der Waals surface area contributed by atoms with E-state index in [4.69, 9.17) is 13.8 Å². The minimum Gasteiger partial charge on any atom is -0.352 e. The molecule has 0 aliphatic rings. The maximum absolute atomic E-state index is 11.1. The van der Waals surface area contributed by atoms with Crippen molar-refractivity contribution in [1.82, 2.24) is 20.3 Å². The highest BCUT2D eigenvalue weighted by Gasteiger charge is 2.43. The molecule has 0 aliphatic carbocycles. The third-order valence-electron chi connectivity index (χ3n) is 4.65. The molecule has 0 aliphatic heterocycles. The van der Waals surface area contributed by atoms with Crippen LogP contribution in [0, 0.1) is 6.92 Å². The van der Waals surface area contributed by atoms with Gasteiger partial charge in [0.15, 0.2) is 0 Å². The lowest BCUT2D eigenvalue weighted by Crippen LogP contribution is -2.31. The summed E-state index contributed by atoms with van der Waals surface area (Å²) in [6.07, 6.45) is 0.798. The summed E-state index contributed by atoms with van der Waals surface area (Å²) in [5.41, 5.74) is 3.64. The van der Waals surface area contributed by atoms with E-state index in [9.17, 15) is 5.11 Å². The van der Waals surface area contributed by atoms with E-state index in [-0.39, 0.29) is 17.6 Å². The number of nitrogens with zero attached hydrogens (tertiary/aromatic N) is 4. The maximum Gasteiger partial charge on any atom is 0.313 e. The minimum atomic E-state index is -2.14. The third-order valence-corrected chi connectivity index (χ3v) is 4.65. The Balaban J connectivity index is 1.71. The zero-order valence-corrected chi connectivity index (χ0v) is 16.3. The molecule has 4 rings (SSSR count). The standard InChI is InChI=1S/C21H20N4O4/c1-4-14-9-5-6-11-16(14)18-23-19(25-28-18)21(26,27-3)20-22-17(24-29-20)15-10-7-8-13(2)12-15/h5-12,26H,4H2,1-3H3. The molecular weight excluding hydrogens is 372 g/mol. The molecule has 0 saturated carbocycles. The molecule has 29 heavy (non-hydrogen) atoms. The van der Waals surface area contributed by atoms with Gasteiger partial charge in [0.05, 0.1) is 0 Å². The van der Waals surface area contributed by atoms with E-state index in [0.717, 1.165) is 28.7 Å². The zero-order chi connectivity index (χ0) is 20.4. The number of aromatic nitrogens is 4. The van der Waals surface area contributed by atoms with Crippen molar-refractivity contribution in [2.75, 3.05) is 7.11 Å². The summed E-state index contributed by atoms with van der Waals surface area (Å²) in [6, 6.07) is 15.3. The first-order valence-corrected chi connectivity index (χ1v) is 9.16. The molecule has 1 atom stereocenters.